The second-order valence-corrected chi connectivity index (χ2v) is 5.23. The van der Waals surface area contributed by atoms with Crippen LogP contribution >= 0.6 is 0 Å². The van der Waals surface area contributed by atoms with Gasteiger partial charge in [-0.3, -0.25) is 14.8 Å². The average Bonchev–Trinajstić information content (AvgIpc) is 3.18. The number of H-pyrrole nitrogens is 1. The Morgan fingerprint density at radius 2 is 2.12 bits per heavy atom. The highest BCUT2D eigenvalue weighted by molar-refractivity contribution is 6.32. The minimum absolute atomic E-state index is 0.271. The van der Waals surface area contributed by atoms with Crippen LogP contribution in [0.25, 0.3) is 17.0 Å². The fourth-order valence-electron chi connectivity index (χ4n) is 2.58. The van der Waals surface area contributed by atoms with Gasteiger partial charge in [0, 0.05) is 29.0 Å². The van der Waals surface area contributed by atoms with Gasteiger partial charge in [-0.1, -0.05) is 0 Å². The van der Waals surface area contributed by atoms with Crippen molar-refractivity contribution in [3.63, 3.8) is 0 Å². The number of nitrogens with one attached hydrogen (secondary N) is 2. The summed E-state index contributed by atoms with van der Waals surface area (Å²) in [4.78, 5) is 23.6. The lowest BCUT2D eigenvalue weighted by Gasteiger charge is -1.99. The van der Waals surface area contributed by atoms with Crippen molar-refractivity contribution in [2.24, 2.45) is 5.10 Å². The Hall–Kier alpha value is -3.48. The minimum Gasteiger partial charge on any atom is -0.497 e. The molecule has 7 heteroatoms. The first-order chi connectivity index (χ1) is 11.7. The van der Waals surface area contributed by atoms with Crippen LogP contribution in [0.5, 0.6) is 5.75 Å². The predicted octanol–water partition coefficient (Wildman–Crippen LogP) is 1.88. The number of amides is 1. The maximum atomic E-state index is 12.1. The lowest BCUT2D eigenvalue weighted by Crippen LogP contribution is -2.14. The van der Waals surface area contributed by atoms with E-state index < -0.39 is 0 Å². The highest BCUT2D eigenvalue weighted by atomic mass is 16.5. The molecule has 2 aromatic heterocycles. The molecular formula is C17H13N5O2. The second-order valence-electron chi connectivity index (χ2n) is 5.23. The fourth-order valence-corrected chi connectivity index (χ4v) is 2.58. The molecule has 0 fully saturated rings. The zero-order valence-electron chi connectivity index (χ0n) is 12.8. The van der Waals surface area contributed by atoms with Gasteiger partial charge in [-0.25, -0.2) is 5.43 Å². The zero-order chi connectivity index (χ0) is 16.5. The molecule has 2 N–H and O–H groups in total. The topological polar surface area (TPSA) is 92.3 Å². The number of hydrogen-bond donors (Lipinski definition) is 2. The van der Waals surface area contributed by atoms with Crippen LogP contribution in [0.4, 0.5) is 0 Å². The Morgan fingerprint density at radius 3 is 2.92 bits per heavy atom. The fraction of sp³-hybridized carbons (Fsp3) is 0.0588. The average molecular weight is 319 g/mol. The van der Waals surface area contributed by atoms with Gasteiger partial charge in [0.05, 0.1) is 18.9 Å². The van der Waals surface area contributed by atoms with Crippen molar-refractivity contribution in [2.75, 3.05) is 7.11 Å². The maximum Gasteiger partial charge on any atom is 0.273 e. The molecule has 4 rings (SSSR count). The molecule has 1 aromatic carbocycles. The molecular weight excluding hydrogens is 306 g/mol. The molecule has 1 aliphatic heterocycles. The number of carbonyl (C=O) groups is 1. The molecule has 0 saturated heterocycles. The smallest absolute Gasteiger partial charge is 0.273 e. The molecule has 0 aliphatic carbocycles. The lowest BCUT2D eigenvalue weighted by molar-refractivity contribution is -0.116. The molecule has 3 aromatic rings. The van der Waals surface area contributed by atoms with E-state index in [0.717, 1.165) is 22.3 Å². The highest BCUT2D eigenvalue weighted by Crippen LogP contribution is 2.23. The van der Waals surface area contributed by atoms with Crippen LogP contribution in [0, 0.1) is 0 Å². The molecule has 118 valence electrons. The molecule has 1 aliphatic rings. The molecule has 0 unspecified atom stereocenters. The van der Waals surface area contributed by atoms with Crippen LogP contribution in [0.1, 0.15) is 11.4 Å². The number of benzene rings is 1. The third-order valence-corrected chi connectivity index (χ3v) is 3.72. The summed E-state index contributed by atoms with van der Waals surface area (Å²) in [7, 11) is 1.63. The number of aromatic amines is 1. The number of aromatic nitrogens is 3. The zero-order valence-corrected chi connectivity index (χ0v) is 12.8. The first kappa shape index (κ1) is 14.1. The highest BCUT2D eigenvalue weighted by Gasteiger charge is 2.25. The SMILES string of the molecule is COc1ccc2[nH]c(C=C3C(=O)NN=C3c3cnccn3)cc2c1. The first-order valence-corrected chi connectivity index (χ1v) is 7.28. The Bertz CT molecular complexity index is 989. The van der Waals surface area contributed by atoms with Crippen LogP contribution in [0.3, 0.4) is 0 Å². The van der Waals surface area contributed by atoms with E-state index >= 15 is 0 Å². The molecule has 0 bridgehead atoms. The van der Waals surface area contributed by atoms with Gasteiger partial charge >= 0.3 is 0 Å². The molecule has 0 atom stereocenters. The van der Waals surface area contributed by atoms with E-state index in [1.807, 2.05) is 24.3 Å². The van der Waals surface area contributed by atoms with Crippen LogP contribution < -0.4 is 10.2 Å². The van der Waals surface area contributed by atoms with Crippen LogP contribution in [-0.2, 0) is 4.79 Å². The second kappa shape index (κ2) is 5.62. The third-order valence-electron chi connectivity index (χ3n) is 3.72. The van der Waals surface area contributed by atoms with Gasteiger partial charge in [0.25, 0.3) is 5.91 Å². The standard InChI is InChI=1S/C17H13N5O2/c1-24-12-2-3-14-10(7-12)6-11(20-14)8-13-16(21-22-17(13)23)15-9-18-4-5-19-15/h2-9,20H,1H3,(H,22,23). The number of methoxy groups -OCH3 is 1. The summed E-state index contributed by atoms with van der Waals surface area (Å²) in [5.41, 5.74) is 5.68. The van der Waals surface area contributed by atoms with E-state index in [2.05, 4.69) is 25.5 Å². The van der Waals surface area contributed by atoms with Gasteiger partial charge in [0.1, 0.15) is 17.2 Å². The van der Waals surface area contributed by atoms with E-state index in [-0.39, 0.29) is 5.91 Å². The summed E-state index contributed by atoms with van der Waals surface area (Å²) in [5.74, 6) is 0.507. The normalized spacial score (nSPS) is 15.6. The molecule has 7 nitrogen and oxygen atoms in total. The Kier molecular flexibility index (Phi) is 3.31. The number of ether oxygens (including phenoxy) is 1. The molecule has 3 heterocycles. The quantitative estimate of drug-likeness (QED) is 0.721. The lowest BCUT2D eigenvalue weighted by atomic mass is 10.1. The van der Waals surface area contributed by atoms with Crippen molar-refractivity contribution in [3.8, 4) is 5.75 Å². The molecule has 0 saturated carbocycles. The van der Waals surface area contributed by atoms with E-state index in [4.69, 9.17) is 4.74 Å². The van der Waals surface area contributed by atoms with E-state index in [0.29, 0.717) is 17.0 Å². The molecule has 24 heavy (non-hydrogen) atoms. The summed E-state index contributed by atoms with van der Waals surface area (Å²) in [6, 6.07) is 7.69. The van der Waals surface area contributed by atoms with Crippen LogP contribution in [0.15, 0.2) is 53.5 Å². The number of hydrogen-bond acceptors (Lipinski definition) is 5. The Balaban J connectivity index is 1.76. The van der Waals surface area contributed by atoms with E-state index in [1.165, 1.54) is 0 Å². The maximum absolute atomic E-state index is 12.1. The van der Waals surface area contributed by atoms with Gasteiger partial charge in [-0.15, -0.1) is 0 Å². The number of fused-ring (bicyclic) bond motifs is 1. The summed E-state index contributed by atoms with van der Waals surface area (Å²) >= 11 is 0. The van der Waals surface area contributed by atoms with Gasteiger partial charge < -0.3 is 9.72 Å². The van der Waals surface area contributed by atoms with E-state index in [1.54, 1.807) is 31.8 Å². The predicted molar refractivity (Wildman–Crippen MR) is 89.5 cm³/mol. The number of nitrogens with zero attached hydrogens (tertiary/aromatic N) is 3. The van der Waals surface area contributed by atoms with Crippen molar-refractivity contribution in [1.82, 2.24) is 20.4 Å². The van der Waals surface area contributed by atoms with Crippen molar-refractivity contribution >= 4 is 28.6 Å². The Labute approximate surface area is 137 Å². The summed E-state index contributed by atoms with van der Waals surface area (Å²) in [6.45, 7) is 0. The van der Waals surface area contributed by atoms with Gasteiger partial charge in [-0.2, -0.15) is 5.10 Å². The van der Waals surface area contributed by atoms with Crippen molar-refractivity contribution < 1.29 is 9.53 Å². The summed E-state index contributed by atoms with van der Waals surface area (Å²) in [5, 5.41) is 5.06. The monoisotopic (exact) mass is 319 g/mol. The minimum atomic E-state index is -0.271. The number of hydrazone groups is 1. The third kappa shape index (κ3) is 2.41. The van der Waals surface area contributed by atoms with E-state index in [9.17, 15) is 4.79 Å². The van der Waals surface area contributed by atoms with Crippen molar-refractivity contribution in [3.05, 3.63) is 59.8 Å². The van der Waals surface area contributed by atoms with Crippen molar-refractivity contribution in [1.29, 1.82) is 0 Å². The van der Waals surface area contributed by atoms with Crippen LogP contribution in [-0.4, -0.2) is 33.7 Å². The molecule has 0 radical (unpaired) electrons. The van der Waals surface area contributed by atoms with Gasteiger partial charge in [0.2, 0.25) is 0 Å². The Morgan fingerprint density at radius 1 is 1.21 bits per heavy atom. The molecule has 0 spiro atoms. The largest absolute Gasteiger partial charge is 0.497 e. The molecule has 1 amide bonds. The van der Waals surface area contributed by atoms with Gasteiger partial charge in [-0.05, 0) is 30.3 Å². The van der Waals surface area contributed by atoms with Crippen LogP contribution in [0.2, 0.25) is 0 Å². The van der Waals surface area contributed by atoms with Crippen molar-refractivity contribution in [2.45, 2.75) is 0 Å². The summed E-state index contributed by atoms with van der Waals surface area (Å²) < 4.78 is 5.23. The number of rotatable bonds is 3. The first-order valence-electron chi connectivity index (χ1n) is 7.28. The summed E-state index contributed by atoms with van der Waals surface area (Å²) in [6.07, 6.45) is 6.46. The number of carbonyl (C=O) groups excluding carboxylic acids is 1. The van der Waals surface area contributed by atoms with Gasteiger partial charge in [0.15, 0.2) is 0 Å².